The largest absolute Gasteiger partial charge is 0.494 e. The lowest BCUT2D eigenvalue weighted by molar-refractivity contribution is 0.0970. The van der Waals surface area contributed by atoms with E-state index in [1.807, 2.05) is 38.1 Å². The minimum Gasteiger partial charge on any atom is -0.494 e. The highest BCUT2D eigenvalue weighted by molar-refractivity contribution is 9.10. The van der Waals surface area contributed by atoms with Crippen LogP contribution in [0.2, 0.25) is 0 Å². The van der Waals surface area contributed by atoms with Gasteiger partial charge in [-0.15, -0.1) is 10.2 Å². The molecule has 7 nitrogen and oxygen atoms in total. The number of anilines is 1. The number of aryl methyl sites for hydroxylation is 1. The van der Waals surface area contributed by atoms with Crippen LogP contribution in [0.25, 0.3) is 11.0 Å². The summed E-state index contributed by atoms with van der Waals surface area (Å²) < 4.78 is 12.4. The highest BCUT2D eigenvalue weighted by Gasteiger charge is 2.45. The second kappa shape index (κ2) is 8.14. The van der Waals surface area contributed by atoms with Crippen LogP contribution in [-0.2, 0) is 6.42 Å². The molecule has 1 aliphatic rings. The Morgan fingerprint density at radius 3 is 2.72 bits per heavy atom. The van der Waals surface area contributed by atoms with Gasteiger partial charge in [-0.3, -0.25) is 14.5 Å². The summed E-state index contributed by atoms with van der Waals surface area (Å²) in [5, 5.41) is 10.0. The number of hydrogen-bond acceptors (Lipinski definition) is 7. The van der Waals surface area contributed by atoms with Crippen LogP contribution in [0, 0.1) is 0 Å². The Hall–Kier alpha value is -3.04. The molecule has 0 radical (unpaired) electrons. The van der Waals surface area contributed by atoms with Crippen molar-refractivity contribution in [2.24, 2.45) is 0 Å². The van der Waals surface area contributed by atoms with E-state index >= 15 is 0 Å². The van der Waals surface area contributed by atoms with Gasteiger partial charge in [-0.05, 0) is 43.2 Å². The molecule has 32 heavy (non-hydrogen) atoms. The van der Waals surface area contributed by atoms with Gasteiger partial charge in [0.25, 0.3) is 5.91 Å². The van der Waals surface area contributed by atoms with Crippen molar-refractivity contribution < 1.29 is 13.9 Å². The minimum atomic E-state index is -0.667. The molecule has 0 N–H and O–H groups in total. The quantitative estimate of drug-likeness (QED) is 0.369. The van der Waals surface area contributed by atoms with E-state index in [1.54, 1.807) is 18.2 Å². The van der Waals surface area contributed by atoms with Crippen LogP contribution in [0.1, 0.15) is 46.6 Å². The van der Waals surface area contributed by atoms with Crippen molar-refractivity contribution in [3.63, 3.8) is 0 Å². The number of carbonyl (C=O) groups is 1. The number of aromatic nitrogens is 2. The fourth-order valence-electron chi connectivity index (χ4n) is 3.88. The summed E-state index contributed by atoms with van der Waals surface area (Å²) in [6, 6.07) is 11.9. The first kappa shape index (κ1) is 20.8. The Kier molecular flexibility index (Phi) is 5.30. The van der Waals surface area contributed by atoms with Crippen LogP contribution >= 0.6 is 27.3 Å². The molecule has 4 aromatic rings. The molecule has 0 fully saturated rings. The third-order valence-corrected chi connectivity index (χ3v) is 6.84. The fraction of sp³-hybridized carbons (Fsp3) is 0.217. The van der Waals surface area contributed by atoms with Crippen LogP contribution in [0.3, 0.4) is 0 Å². The normalized spacial score (nSPS) is 15.4. The van der Waals surface area contributed by atoms with E-state index in [0.29, 0.717) is 40.4 Å². The summed E-state index contributed by atoms with van der Waals surface area (Å²) in [5.74, 6) is 0.185. The Morgan fingerprint density at radius 1 is 1.16 bits per heavy atom. The Labute approximate surface area is 195 Å². The fourth-order valence-corrected chi connectivity index (χ4v) is 5.10. The first-order chi connectivity index (χ1) is 15.5. The summed E-state index contributed by atoms with van der Waals surface area (Å²) >= 11 is 4.83. The molecule has 2 aromatic heterocycles. The maximum Gasteiger partial charge on any atom is 0.297 e. The van der Waals surface area contributed by atoms with Gasteiger partial charge in [0.1, 0.15) is 16.3 Å². The number of ether oxygens (including phenoxy) is 1. The van der Waals surface area contributed by atoms with Crippen molar-refractivity contribution in [2.75, 3.05) is 11.5 Å². The molecule has 162 valence electrons. The number of fused-ring (bicyclic) bond motifs is 2. The lowest BCUT2D eigenvalue weighted by Gasteiger charge is -2.22. The number of hydrogen-bond donors (Lipinski definition) is 0. The van der Waals surface area contributed by atoms with Gasteiger partial charge in [-0.25, -0.2) is 0 Å². The molecule has 1 amide bonds. The third kappa shape index (κ3) is 3.32. The number of benzene rings is 2. The Balaban J connectivity index is 1.77. The Bertz CT molecular complexity index is 1410. The zero-order chi connectivity index (χ0) is 22.4. The molecule has 9 heteroatoms. The SMILES string of the molecule is CCOc1ccc2c(=O)c3c(oc2c1)C(=O)N(c1nnc(CC)s1)C3c1cccc(Br)c1. The van der Waals surface area contributed by atoms with Gasteiger partial charge in [0.2, 0.25) is 10.9 Å². The van der Waals surface area contributed by atoms with Crippen LogP contribution in [0.4, 0.5) is 5.13 Å². The van der Waals surface area contributed by atoms with Crippen molar-refractivity contribution in [3.8, 4) is 5.75 Å². The molecule has 0 bridgehead atoms. The summed E-state index contributed by atoms with van der Waals surface area (Å²) in [5.41, 5.74) is 1.15. The molecule has 0 saturated carbocycles. The summed E-state index contributed by atoms with van der Waals surface area (Å²) in [6.07, 6.45) is 0.704. The molecular weight excluding hydrogens is 494 g/mol. The number of rotatable bonds is 5. The standard InChI is InChI=1S/C23H18BrN3O4S/c1-3-17-25-26-23(32-17)27-19(12-6-5-7-13(24)10-12)18-20(28)15-9-8-14(30-4-2)11-16(15)31-21(18)22(27)29/h5-11,19H,3-4H2,1-2H3. The number of halogens is 1. The average Bonchev–Trinajstić information content (AvgIpc) is 3.37. The molecule has 0 saturated heterocycles. The molecule has 5 rings (SSSR count). The van der Waals surface area contributed by atoms with Gasteiger partial charge in [-0.1, -0.05) is 46.3 Å². The van der Waals surface area contributed by atoms with E-state index in [9.17, 15) is 9.59 Å². The van der Waals surface area contributed by atoms with E-state index in [-0.39, 0.29) is 11.2 Å². The average molecular weight is 512 g/mol. The molecule has 1 atom stereocenters. The van der Waals surface area contributed by atoms with Crippen molar-refractivity contribution in [1.29, 1.82) is 0 Å². The summed E-state index contributed by atoms with van der Waals surface area (Å²) in [6.45, 7) is 4.33. The van der Waals surface area contributed by atoms with Gasteiger partial charge in [0, 0.05) is 10.5 Å². The lowest BCUT2D eigenvalue weighted by Crippen LogP contribution is -2.29. The monoisotopic (exact) mass is 511 g/mol. The third-order valence-electron chi connectivity index (χ3n) is 5.28. The molecule has 0 aliphatic carbocycles. The van der Waals surface area contributed by atoms with E-state index in [1.165, 1.54) is 16.2 Å². The predicted molar refractivity (Wildman–Crippen MR) is 126 cm³/mol. The molecule has 3 heterocycles. The van der Waals surface area contributed by atoms with Crippen LogP contribution in [0.15, 0.2) is 56.1 Å². The van der Waals surface area contributed by atoms with Crippen LogP contribution < -0.4 is 15.1 Å². The van der Waals surface area contributed by atoms with E-state index in [2.05, 4.69) is 26.1 Å². The zero-order valence-electron chi connectivity index (χ0n) is 17.3. The van der Waals surface area contributed by atoms with Gasteiger partial charge in [-0.2, -0.15) is 0 Å². The maximum absolute atomic E-state index is 13.6. The van der Waals surface area contributed by atoms with Crippen LogP contribution in [-0.4, -0.2) is 22.7 Å². The first-order valence-corrected chi connectivity index (χ1v) is 11.8. The minimum absolute atomic E-state index is 0.0226. The van der Waals surface area contributed by atoms with E-state index in [0.717, 1.165) is 15.0 Å². The number of amides is 1. The predicted octanol–water partition coefficient (Wildman–Crippen LogP) is 5.12. The molecule has 0 spiro atoms. The first-order valence-electron chi connectivity index (χ1n) is 10.2. The molecular formula is C23H18BrN3O4S. The second-order valence-corrected chi connectivity index (χ2v) is 9.19. The number of nitrogens with zero attached hydrogens (tertiary/aromatic N) is 3. The van der Waals surface area contributed by atoms with Crippen molar-refractivity contribution >= 4 is 49.3 Å². The maximum atomic E-state index is 13.6. The molecule has 1 aliphatic heterocycles. The van der Waals surface area contributed by atoms with Gasteiger partial charge in [0.15, 0.2) is 5.43 Å². The zero-order valence-corrected chi connectivity index (χ0v) is 19.7. The van der Waals surface area contributed by atoms with Crippen molar-refractivity contribution in [2.45, 2.75) is 26.3 Å². The van der Waals surface area contributed by atoms with Gasteiger partial charge in [0.05, 0.1) is 23.6 Å². The van der Waals surface area contributed by atoms with Gasteiger partial charge < -0.3 is 9.15 Å². The molecule has 2 aromatic carbocycles. The highest BCUT2D eigenvalue weighted by Crippen LogP contribution is 2.42. The summed E-state index contributed by atoms with van der Waals surface area (Å²) in [7, 11) is 0. The van der Waals surface area contributed by atoms with Gasteiger partial charge >= 0.3 is 0 Å². The van der Waals surface area contributed by atoms with Crippen molar-refractivity contribution in [3.05, 3.63) is 79.1 Å². The Morgan fingerprint density at radius 2 is 2.00 bits per heavy atom. The van der Waals surface area contributed by atoms with E-state index < -0.39 is 11.9 Å². The topological polar surface area (TPSA) is 85.5 Å². The number of carbonyl (C=O) groups excluding carboxylic acids is 1. The smallest absolute Gasteiger partial charge is 0.297 e. The second-order valence-electron chi connectivity index (χ2n) is 7.23. The lowest BCUT2D eigenvalue weighted by atomic mass is 9.99. The van der Waals surface area contributed by atoms with Crippen LogP contribution in [0.5, 0.6) is 5.75 Å². The summed E-state index contributed by atoms with van der Waals surface area (Å²) in [4.78, 5) is 28.7. The highest BCUT2D eigenvalue weighted by atomic mass is 79.9. The van der Waals surface area contributed by atoms with Crippen molar-refractivity contribution in [1.82, 2.24) is 10.2 Å². The van der Waals surface area contributed by atoms with E-state index in [4.69, 9.17) is 9.15 Å². The molecule has 1 unspecified atom stereocenters.